The third kappa shape index (κ3) is 5.85. The molecule has 0 spiro atoms. The SMILES string of the molecule is CN=C(NCCCN1CCCC1C(=O)N(C)C)N(C)CC1CCOC1. The predicted molar refractivity (Wildman–Crippen MR) is 101 cm³/mol. The number of aliphatic imine (C=N–C) groups is 1. The lowest BCUT2D eigenvalue weighted by Crippen LogP contribution is -2.44. The standard InChI is InChI=1S/C18H35N5O2/c1-19-18(22(4)13-15-8-12-25-14-15)20-9-6-11-23-10-5-7-16(23)17(24)21(2)3/h15-16H,5-14H2,1-4H3,(H,19,20). The van der Waals surface area contributed by atoms with Crippen LogP contribution >= 0.6 is 0 Å². The van der Waals surface area contributed by atoms with E-state index in [1.165, 1.54) is 0 Å². The van der Waals surface area contributed by atoms with Gasteiger partial charge in [-0.25, -0.2) is 0 Å². The lowest BCUT2D eigenvalue weighted by molar-refractivity contribution is -0.133. The number of hydrogen-bond donors (Lipinski definition) is 1. The third-order valence-corrected chi connectivity index (χ3v) is 5.12. The maximum absolute atomic E-state index is 12.2. The highest BCUT2D eigenvalue weighted by molar-refractivity contribution is 5.81. The molecule has 2 atom stereocenters. The predicted octanol–water partition coefficient (Wildman–Crippen LogP) is 0.473. The molecule has 7 heteroatoms. The van der Waals surface area contributed by atoms with Crippen molar-refractivity contribution in [3.8, 4) is 0 Å². The molecule has 0 saturated carbocycles. The van der Waals surface area contributed by atoms with Gasteiger partial charge in [-0.3, -0.25) is 14.7 Å². The van der Waals surface area contributed by atoms with Gasteiger partial charge in [0.2, 0.25) is 5.91 Å². The Balaban J connectivity index is 1.69. The van der Waals surface area contributed by atoms with Crippen LogP contribution in [0.25, 0.3) is 0 Å². The van der Waals surface area contributed by atoms with E-state index >= 15 is 0 Å². The van der Waals surface area contributed by atoms with Gasteiger partial charge in [-0.1, -0.05) is 0 Å². The summed E-state index contributed by atoms with van der Waals surface area (Å²) < 4.78 is 5.45. The zero-order valence-electron chi connectivity index (χ0n) is 16.3. The Morgan fingerprint density at radius 1 is 1.32 bits per heavy atom. The molecule has 2 fully saturated rings. The van der Waals surface area contributed by atoms with Gasteiger partial charge in [-0.05, 0) is 32.2 Å². The zero-order valence-corrected chi connectivity index (χ0v) is 16.3. The lowest BCUT2D eigenvalue weighted by Gasteiger charge is -2.27. The van der Waals surface area contributed by atoms with Crippen molar-refractivity contribution < 1.29 is 9.53 Å². The monoisotopic (exact) mass is 353 g/mol. The number of ether oxygens (including phenoxy) is 1. The number of amides is 1. The summed E-state index contributed by atoms with van der Waals surface area (Å²) in [4.78, 5) is 22.8. The average molecular weight is 354 g/mol. The Morgan fingerprint density at radius 2 is 2.12 bits per heavy atom. The topological polar surface area (TPSA) is 60.4 Å². The first kappa shape index (κ1) is 20.0. The Kier molecular flexibility index (Phi) is 7.96. The highest BCUT2D eigenvalue weighted by Gasteiger charge is 2.31. The van der Waals surface area contributed by atoms with Crippen molar-refractivity contribution in [1.29, 1.82) is 0 Å². The summed E-state index contributed by atoms with van der Waals surface area (Å²) in [5.41, 5.74) is 0. The van der Waals surface area contributed by atoms with Crippen molar-refractivity contribution in [1.82, 2.24) is 20.0 Å². The Morgan fingerprint density at radius 3 is 2.76 bits per heavy atom. The van der Waals surface area contributed by atoms with Gasteiger partial charge >= 0.3 is 0 Å². The van der Waals surface area contributed by atoms with E-state index in [0.717, 1.165) is 71.0 Å². The van der Waals surface area contributed by atoms with Crippen LogP contribution in [-0.4, -0.2) is 100 Å². The van der Waals surface area contributed by atoms with Crippen LogP contribution in [-0.2, 0) is 9.53 Å². The number of carbonyl (C=O) groups excluding carboxylic acids is 1. The Hall–Kier alpha value is -1.34. The summed E-state index contributed by atoms with van der Waals surface area (Å²) in [6.45, 7) is 5.57. The van der Waals surface area contributed by atoms with Crippen LogP contribution in [0.3, 0.4) is 0 Å². The fraction of sp³-hybridized carbons (Fsp3) is 0.889. The molecule has 25 heavy (non-hydrogen) atoms. The van der Waals surface area contributed by atoms with Gasteiger partial charge in [0.1, 0.15) is 0 Å². The molecule has 2 saturated heterocycles. The van der Waals surface area contributed by atoms with Crippen LogP contribution in [0, 0.1) is 5.92 Å². The Bertz CT molecular complexity index is 449. The van der Waals surface area contributed by atoms with Crippen LogP contribution in [0.2, 0.25) is 0 Å². The van der Waals surface area contributed by atoms with Crippen LogP contribution in [0.1, 0.15) is 25.7 Å². The summed E-state index contributed by atoms with van der Waals surface area (Å²) in [6, 6.07) is 0.0688. The molecule has 0 aliphatic carbocycles. The summed E-state index contributed by atoms with van der Waals surface area (Å²) >= 11 is 0. The lowest BCUT2D eigenvalue weighted by atomic mass is 10.1. The smallest absolute Gasteiger partial charge is 0.239 e. The van der Waals surface area contributed by atoms with Crippen molar-refractivity contribution in [2.75, 3.05) is 67.6 Å². The van der Waals surface area contributed by atoms with Crippen LogP contribution in [0.15, 0.2) is 4.99 Å². The van der Waals surface area contributed by atoms with Gasteiger partial charge in [0, 0.05) is 60.3 Å². The number of nitrogens with zero attached hydrogens (tertiary/aromatic N) is 4. The molecule has 0 aromatic heterocycles. The molecule has 1 amide bonds. The van der Waals surface area contributed by atoms with Crippen molar-refractivity contribution in [3.63, 3.8) is 0 Å². The second kappa shape index (κ2) is 9.97. The quantitative estimate of drug-likeness (QED) is 0.410. The van der Waals surface area contributed by atoms with E-state index < -0.39 is 0 Å². The Labute approximate surface area is 152 Å². The molecule has 2 rings (SSSR count). The first-order chi connectivity index (χ1) is 12.0. The first-order valence-corrected chi connectivity index (χ1v) is 9.47. The number of likely N-dealkylation sites (N-methyl/N-ethyl adjacent to an activating group) is 1. The van der Waals surface area contributed by atoms with Crippen LogP contribution in [0.5, 0.6) is 0 Å². The maximum Gasteiger partial charge on any atom is 0.239 e. The molecule has 7 nitrogen and oxygen atoms in total. The average Bonchev–Trinajstić information content (AvgIpc) is 3.25. The highest BCUT2D eigenvalue weighted by Crippen LogP contribution is 2.18. The normalized spacial score (nSPS) is 24.6. The van der Waals surface area contributed by atoms with Gasteiger partial charge in [-0.2, -0.15) is 0 Å². The summed E-state index contributed by atoms with van der Waals surface area (Å²) in [5, 5.41) is 3.45. The molecule has 2 unspecified atom stereocenters. The molecule has 2 aliphatic heterocycles. The summed E-state index contributed by atoms with van der Waals surface area (Å²) in [6.07, 6.45) is 4.25. The van der Waals surface area contributed by atoms with E-state index in [1.807, 2.05) is 21.1 Å². The summed E-state index contributed by atoms with van der Waals surface area (Å²) in [7, 11) is 7.60. The van der Waals surface area contributed by atoms with Crippen LogP contribution in [0.4, 0.5) is 0 Å². The molecule has 0 aromatic carbocycles. The van der Waals surface area contributed by atoms with E-state index in [1.54, 1.807) is 4.90 Å². The fourth-order valence-corrected chi connectivity index (χ4v) is 3.74. The van der Waals surface area contributed by atoms with Crippen molar-refractivity contribution in [2.24, 2.45) is 10.9 Å². The van der Waals surface area contributed by atoms with Crippen molar-refractivity contribution in [2.45, 2.75) is 31.7 Å². The second-order valence-corrected chi connectivity index (χ2v) is 7.36. The van der Waals surface area contributed by atoms with Gasteiger partial charge in [0.05, 0.1) is 12.6 Å². The molecule has 0 bridgehead atoms. The molecule has 2 aliphatic rings. The number of carbonyl (C=O) groups is 1. The minimum atomic E-state index is 0.0688. The molecule has 1 N–H and O–H groups in total. The van der Waals surface area contributed by atoms with Gasteiger partial charge in [0.15, 0.2) is 5.96 Å². The summed E-state index contributed by atoms with van der Waals surface area (Å²) in [5.74, 6) is 1.78. The van der Waals surface area contributed by atoms with E-state index in [9.17, 15) is 4.79 Å². The van der Waals surface area contributed by atoms with E-state index in [4.69, 9.17) is 4.74 Å². The minimum absolute atomic E-state index is 0.0688. The number of guanidine groups is 1. The largest absolute Gasteiger partial charge is 0.381 e. The minimum Gasteiger partial charge on any atom is -0.381 e. The molecule has 144 valence electrons. The third-order valence-electron chi connectivity index (χ3n) is 5.12. The van der Waals surface area contributed by atoms with Crippen molar-refractivity contribution in [3.05, 3.63) is 0 Å². The first-order valence-electron chi connectivity index (χ1n) is 9.47. The molecule has 2 heterocycles. The second-order valence-electron chi connectivity index (χ2n) is 7.36. The molecule has 0 radical (unpaired) electrons. The number of hydrogen-bond acceptors (Lipinski definition) is 4. The fourth-order valence-electron chi connectivity index (χ4n) is 3.74. The molecular formula is C18H35N5O2. The van der Waals surface area contributed by atoms with Gasteiger partial charge in [-0.15, -0.1) is 0 Å². The maximum atomic E-state index is 12.2. The van der Waals surface area contributed by atoms with Crippen LogP contribution < -0.4 is 5.32 Å². The van der Waals surface area contributed by atoms with E-state index in [2.05, 4.69) is 27.2 Å². The van der Waals surface area contributed by atoms with Gasteiger partial charge < -0.3 is 19.9 Å². The number of rotatable bonds is 7. The molecular weight excluding hydrogens is 318 g/mol. The van der Waals surface area contributed by atoms with E-state index in [0.29, 0.717) is 5.92 Å². The number of likely N-dealkylation sites (tertiary alicyclic amines) is 1. The van der Waals surface area contributed by atoms with Gasteiger partial charge in [0.25, 0.3) is 0 Å². The van der Waals surface area contributed by atoms with Crippen molar-refractivity contribution >= 4 is 11.9 Å². The highest BCUT2D eigenvalue weighted by atomic mass is 16.5. The molecule has 0 aromatic rings. The van der Waals surface area contributed by atoms with E-state index in [-0.39, 0.29) is 11.9 Å². The zero-order chi connectivity index (χ0) is 18.2. The number of nitrogens with one attached hydrogen (secondary N) is 1.